The number of hydrogen-bond donors (Lipinski definition) is 4. The van der Waals surface area contributed by atoms with Gasteiger partial charge in [-0.2, -0.15) is 0 Å². The van der Waals surface area contributed by atoms with E-state index in [4.69, 9.17) is 0 Å². The van der Waals surface area contributed by atoms with E-state index >= 15 is 0 Å². The van der Waals surface area contributed by atoms with E-state index in [-0.39, 0.29) is 18.2 Å². The van der Waals surface area contributed by atoms with Crippen molar-refractivity contribution in [3.8, 4) is 0 Å². The van der Waals surface area contributed by atoms with Gasteiger partial charge < -0.3 is 10.6 Å². The Balaban J connectivity index is 1.70. The standard InChI is InChI=1S/C11H22N4O/c1-8-6-10(16)15-11(14-8)13-7-9-2-4-12-5-3-9/h8-9,11-14H,2-7H2,1H3,(H,15,16). The fourth-order valence-electron chi connectivity index (χ4n) is 2.36. The molecule has 2 heterocycles. The molecule has 0 spiro atoms. The topological polar surface area (TPSA) is 65.2 Å². The van der Waals surface area contributed by atoms with E-state index in [1.807, 2.05) is 6.92 Å². The first-order chi connectivity index (χ1) is 7.74. The molecule has 0 bridgehead atoms. The Morgan fingerprint density at radius 1 is 1.38 bits per heavy atom. The molecule has 16 heavy (non-hydrogen) atoms. The number of carbonyl (C=O) groups is 1. The third-order valence-electron chi connectivity index (χ3n) is 3.32. The first-order valence-electron chi connectivity index (χ1n) is 6.23. The number of piperidine rings is 1. The normalized spacial score (nSPS) is 32.4. The summed E-state index contributed by atoms with van der Waals surface area (Å²) in [5, 5.41) is 13.0. The molecule has 0 aliphatic carbocycles. The maximum atomic E-state index is 11.3. The van der Waals surface area contributed by atoms with Gasteiger partial charge in [0.05, 0.1) is 0 Å². The molecule has 2 aliphatic heterocycles. The van der Waals surface area contributed by atoms with Gasteiger partial charge in [0.25, 0.3) is 0 Å². The van der Waals surface area contributed by atoms with Crippen LogP contribution in [-0.2, 0) is 4.79 Å². The van der Waals surface area contributed by atoms with Gasteiger partial charge in [-0.3, -0.25) is 15.4 Å². The van der Waals surface area contributed by atoms with Crippen molar-refractivity contribution in [2.45, 2.75) is 38.5 Å². The summed E-state index contributed by atoms with van der Waals surface area (Å²) < 4.78 is 0. The molecule has 0 radical (unpaired) electrons. The summed E-state index contributed by atoms with van der Waals surface area (Å²) in [6.07, 6.45) is 2.98. The first-order valence-corrected chi connectivity index (χ1v) is 6.23. The van der Waals surface area contributed by atoms with Crippen molar-refractivity contribution in [3.05, 3.63) is 0 Å². The van der Waals surface area contributed by atoms with Crippen molar-refractivity contribution in [3.63, 3.8) is 0 Å². The second kappa shape index (κ2) is 5.61. The Morgan fingerprint density at radius 3 is 2.81 bits per heavy atom. The van der Waals surface area contributed by atoms with Crippen LogP contribution >= 0.6 is 0 Å². The van der Waals surface area contributed by atoms with Crippen LogP contribution in [0.5, 0.6) is 0 Å². The van der Waals surface area contributed by atoms with Gasteiger partial charge in [0.1, 0.15) is 6.29 Å². The van der Waals surface area contributed by atoms with Gasteiger partial charge in [0.2, 0.25) is 5.91 Å². The summed E-state index contributed by atoms with van der Waals surface area (Å²) in [5.41, 5.74) is 0. The number of nitrogens with one attached hydrogen (secondary N) is 4. The van der Waals surface area contributed by atoms with Crippen LogP contribution in [0, 0.1) is 5.92 Å². The highest BCUT2D eigenvalue weighted by molar-refractivity contribution is 5.77. The summed E-state index contributed by atoms with van der Waals surface area (Å²) in [6.45, 7) is 5.25. The van der Waals surface area contributed by atoms with E-state index in [2.05, 4.69) is 21.3 Å². The molecule has 2 aliphatic rings. The average molecular weight is 226 g/mol. The highest BCUT2D eigenvalue weighted by Crippen LogP contribution is 2.10. The molecule has 2 rings (SSSR count). The molecule has 5 nitrogen and oxygen atoms in total. The van der Waals surface area contributed by atoms with Crippen molar-refractivity contribution in [2.24, 2.45) is 5.92 Å². The minimum atomic E-state index is -0.0499. The van der Waals surface area contributed by atoms with Crippen molar-refractivity contribution >= 4 is 5.91 Å². The van der Waals surface area contributed by atoms with Gasteiger partial charge in [-0.05, 0) is 38.8 Å². The van der Waals surface area contributed by atoms with E-state index in [9.17, 15) is 4.79 Å². The van der Waals surface area contributed by atoms with Gasteiger partial charge >= 0.3 is 0 Å². The summed E-state index contributed by atoms with van der Waals surface area (Å²) >= 11 is 0. The lowest BCUT2D eigenvalue weighted by atomic mass is 9.98. The fourth-order valence-corrected chi connectivity index (χ4v) is 2.36. The summed E-state index contributed by atoms with van der Waals surface area (Å²) in [4.78, 5) is 11.3. The second-order valence-electron chi connectivity index (χ2n) is 4.87. The number of rotatable bonds is 3. The van der Waals surface area contributed by atoms with Gasteiger partial charge in [0.15, 0.2) is 0 Å². The molecule has 2 unspecified atom stereocenters. The van der Waals surface area contributed by atoms with Gasteiger partial charge in [-0.15, -0.1) is 0 Å². The lowest BCUT2D eigenvalue weighted by Crippen LogP contribution is -2.62. The van der Waals surface area contributed by atoms with Gasteiger partial charge in [-0.1, -0.05) is 0 Å². The van der Waals surface area contributed by atoms with Crippen LogP contribution in [0.1, 0.15) is 26.2 Å². The zero-order chi connectivity index (χ0) is 11.4. The van der Waals surface area contributed by atoms with E-state index in [1.54, 1.807) is 0 Å². The molecule has 4 N–H and O–H groups in total. The Morgan fingerprint density at radius 2 is 2.12 bits per heavy atom. The quantitative estimate of drug-likeness (QED) is 0.517. The lowest BCUT2D eigenvalue weighted by molar-refractivity contribution is -0.124. The van der Waals surface area contributed by atoms with Gasteiger partial charge in [0, 0.05) is 19.0 Å². The van der Waals surface area contributed by atoms with E-state index in [0.717, 1.165) is 25.6 Å². The summed E-state index contributed by atoms with van der Waals surface area (Å²) in [7, 11) is 0. The third-order valence-corrected chi connectivity index (χ3v) is 3.32. The van der Waals surface area contributed by atoms with Crippen LogP contribution < -0.4 is 21.3 Å². The zero-order valence-electron chi connectivity index (χ0n) is 9.88. The van der Waals surface area contributed by atoms with E-state index in [1.165, 1.54) is 12.8 Å². The van der Waals surface area contributed by atoms with Crippen molar-refractivity contribution in [2.75, 3.05) is 19.6 Å². The minimum Gasteiger partial charge on any atom is -0.328 e. The second-order valence-corrected chi connectivity index (χ2v) is 4.87. The summed E-state index contributed by atoms with van der Waals surface area (Å²) in [6, 6.07) is 0.263. The third kappa shape index (κ3) is 3.43. The maximum absolute atomic E-state index is 11.3. The van der Waals surface area contributed by atoms with Gasteiger partial charge in [-0.25, -0.2) is 0 Å². The Kier molecular flexibility index (Phi) is 4.15. The fraction of sp³-hybridized carbons (Fsp3) is 0.909. The molecular formula is C11H22N4O. The van der Waals surface area contributed by atoms with Crippen molar-refractivity contribution in [1.82, 2.24) is 21.3 Å². The Hall–Kier alpha value is -0.650. The highest BCUT2D eigenvalue weighted by Gasteiger charge is 2.23. The minimum absolute atomic E-state index is 0.0499. The zero-order valence-corrected chi connectivity index (χ0v) is 9.88. The van der Waals surface area contributed by atoms with Crippen LogP contribution in [0.25, 0.3) is 0 Å². The SMILES string of the molecule is CC1CC(=O)NC(NCC2CCNCC2)N1. The molecule has 1 amide bonds. The highest BCUT2D eigenvalue weighted by atomic mass is 16.2. The van der Waals surface area contributed by atoms with Crippen LogP contribution in [0.2, 0.25) is 0 Å². The van der Waals surface area contributed by atoms with Crippen LogP contribution in [0.3, 0.4) is 0 Å². The molecule has 2 saturated heterocycles. The van der Waals surface area contributed by atoms with Crippen molar-refractivity contribution < 1.29 is 4.79 Å². The molecule has 2 fully saturated rings. The molecule has 0 aromatic carbocycles. The molecule has 0 aromatic heterocycles. The molecule has 0 saturated carbocycles. The predicted octanol–water partition coefficient (Wildman–Crippen LogP) is -0.643. The molecule has 92 valence electrons. The number of carbonyl (C=O) groups excluding carboxylic acids is 1. The van der Waals surface area contributed by atoms with Crippen LogP contribution in [-0.4, -0.2) is 37.9 Å². The summed E-state index contributed by atoms with van der Waals surface area (Å²) in [5.74, 6) is 0.867. The molecule has 5 heteroatoms. The van der Waals surface area contributed by atoms with E-state index in [0.29, 0.717) is 6.42 Å². The number of hydrogen-bond acceptors (Lipinski definition) is 4. The molecule has 2 atom stereocenters. The molecular weight excluding hydrogens is 204 g/mol. The Bertz CT molecular complexity index is 240. The van der Waals surface area contributed by atoms with Crippen molar-refractivity contribution in [1.29, 1.82) is 0 Å². The predicted molar refractivity (Wildman–Crippen MR) is 62.7 cm³/mol. The monoisotopic (exact) mass is 226 g/mol. The van der Waals surface area contributed by atoms with E-state index < -0.39 is 0 Å². The molecule has 0 aromatic rings. The maximum Gasteiger partial charge on any atom is 0.223 e. The first kappa shape index (κ1) is 11.8. The lowest BCUT2D eigenvalue weighted by Gasteiger charge is -2.32. The Labute approximate surface area is 96.7 Å². The largest absolute Gasteiger partial charge is 0.328 e. The average Bonchev–Trinajstić information content (AvgIpc) is 2.27. The van der Waals surface area contributed by atoms with Crippen LogP contribution in [0.4, 0.5) is 0 Å². The number of amides is 1. The van der Waals surface area contributed by atoms with Crippen LogP contribution in [0.15, 0.2) is 0 Å². The smallest absolute Gasteiger partial charge is 0.223 e.